The first kappa shape index (κ1) is 22.2. The van der Waals surface area contributed by atoms with Gasteiger partial charge in [0.25, 0.3) is 0 Å². The number of nitrogens with one attached hydrogen (secondary N) is 3. The van der Waals surface area contributed by atoms with E-state index >= 15 is 0 Å². The minimum Gasteiger partial charge on any atom is -0.548 e. The van der Waals surface area contributed by atoms with Gasteiger partial charge in [0.15, 0.2) is 0 Å². The van der Waals surface area contributed by atoms with Crippen molar-refractivity contribution in [2.45, 2.75) is 46.2 Å². The smallest absolute Gasteiger partial charge is 0.323 e. The van der Waals surface area contributed by atoms with Crippen LogP contribution in [0.25, 0.3) is 0 Å². The lowest BCUT2D eigenvalue weighted by Crippen LogP contribution is -2.59. The van der Waals surface area contributed by atoms with Gasteiger partial charge in [0, 0.05) is 0 Å². The number of carbonyl (C=O) groups is 4. The van der Waals surface area contributed by atoms with E-state index in [-0.39, 0.29) is 24.3 Å². The molecule has 29 heavy (non-hydrogen) atoms. The van der Waals surface area contributed by atoms with Gasteiger partial charge in [-0.1, -0.05) is 46.2 Å². The zero-order valence-corrected chi connectivity index (χ0v) is 17.0. The molecule has 3 atom stereocenters. The van der Waals surface area contributed by atoms with Gasteiger partial charge >= 0.3 is 6.03 Å². The maximum Gasteiger partial charge on any atom is 0.323 e. The molecule has 0 fully saturated rings. The van der Waals surface area contributed by atoms with Crippen LogP contribution in [-0.2, 0) is 14.4 Å². The number of amides is 4. The van der Waals surface area contributed by atoms with Gasteiger partial charge in [-0.15, -0.1) is 0 Å². The lowest BCUT2D eigenvalue weighted by Gasteiger charge is -2.32. The lowest BCUT2D eigenvalue weighted by atomic mass is 9.97. The van der Waals surface area contributed by atoms with E-state index in [1.165, 1.54) is 4.90 Å². The Kier molecular flexibility index (Phi) is 7.19. The highest BCUT2D eigenvalue weighted by atomic mass is 16.4. The van der Waals surface area contributed by atoms with Gasteiger partial charge < -0.3 is 25.9 Å². The molecule has 1 heterocycles. The largest absolute Gasteiger partial charge is 0.548 e. The van der Waals surface area contributed by atoms with Crippen molar-refractivity contribution >= 4 is 35.2 Å². The highest BCUT2D eigenvalue weighted by molar-refractivity contribution is 6.10. The number of para-hydroxylation sites is 2. The summed E-state index contributed by atoms with van der Waals surface area (Å²) in [6.45, 7) is 6.79. The van der Waals surface area contributed by atoms with Crippen molar-refractivity contribution in [2.24, 2.45) is 11.8 Å². The summed E-state index contributed by atoms with van der Waals surface area (Å²) in [6, 6.07) is 4.08. The number of rotatable bonds is 7. The second-order valence-electron chi connectivity index (χ2n) is 7.51. The zero-order chi connectivity index (χ0) is 21.7. The van der Waals surface area contributed by atoms with Gasteiger partial charge in [-0.25, -0.2) is 4.79 Å². The van der Waals surface area contributed by atoms with Crippen LogP contribution in [0.1, 0.15) is 34.1 Å². The monoisotopic (exact) mass is 403 g/mol. The molecule has 158 valence electrons. The molecule has 0 bridgehead atoms. The quantitative estimate of drug-likeness (QED) is 0.609. The summed E-state index contributed by atoms with van der Waals surface area (Å²) in [7, 11) is 0. The Morgan fingerprint density at radius 1 is 1.14 bits per heavy atom. The molecule has 0 saturated heterocycles. The van der Waals surface area contributed by atoms with E-state index in [4.69, 9.17) is 0 Å². The van der Waals surface area contributed by atoms with Gasteiger partial charge in [-0.05, 0) is 24.0 Å². The molecule has 1 aliphatic heterocycles. The van der Waals surface area contributed by atoms with E-state index in [9.17, 15) is 24.3 Å². The fourth-order valence-corrected chi connectivity index (χ4v) is 3.07. The number of benzene rings is 1. The third-order valence-electron chi connectivity index (χ3n) is 5.01. The maximum absolute atomic E-state index is 12.9. The Balaban J connectivity index is 2.18. The van der Waals surface area contributed by atoms with Crippen LogP contribution in [0.5, 0.6) is 0 Å². The number of carbonyl (C=O) groups excluding carboxylic acids is 4. The Bertz CT molecular complexity index is 795. The van der Waals surface area contributed by atoms with Crippen LogP contribution < -0.4 is 26.0 Å². The summed E-state index contributed by atoms with van der Waals surface area (Å²) >= 11 is 0. The fourth-order valence-electron chi connectivity index (χ4n) is 3.07. The third kappa shape index (κ3) is 5.24. The molecule has 0 radical (unpaired) electrons. The van der Waals surface area contributed by atoms with Crippen molar-refractivity contribution in [3.63, 3.8) is 0 Å². The molecule has 0 saturated carbocycles. The summed E-state index contributed by atoms with van der Waals surface area (Å²) in [5.74, 6) is -2.98. The van der Waals surface area contributed by atoms with Crippen LogP contribution >= 0.6 is 0 Å². The zero-order valence-electron chi connectivity index (χ0n) is 17.0. The van der Waals surface area contributed by atoms with Crippen molar-refractivity contribution in [1.29, 1.82) is 0 Å². The van der Waals surface area contributed by atoms with E-state index in [0.29, 0.717) is 17.8 Å². The van der Waals surface area contributed by atoms with Crippen LogP contribution in [0, 0.1) is 11.8 Å². The molecule has 9 heteroatoms. The first-order valence-corrected chi connectivity index (χ1v) is 9.63. The van der Waals surface area contributed by atoms with Crippen LogP contribution in [0.4, 0.5) is 16.2 Å². The van der Waals surface area contributed by atoms with Crippen molar-refractivity contribution in [2.75, 3.05) is 16.8 Å². The molecule has 0 spiro atoms. The van der Waals surface area contributed by atoms with Crippen LogP contribution in [-0.4, -0.2) is 42.4 Å². The maximum atomic E-state index is 12.9. The highest BCUT2D eigenvalue weighted by Crippen LogP contribution is 2.28. The van der Waals surface area contributed by atoms with Crippen molar-refractivity contribution in [1.82, 2.24) is 10.6 Å². The topological polar surface area (TPSA) is 131 Å². The summed E-state index contributed by atoms with van der Waals surface area (Å²) in [5, 5.41) is 19.2. The summed E-state index contributed by atoms with van der Waals surface area (Å²) < 4.78 is 0. The predicted octanol–water partition coefficient (Wildman–Crippen LogP) is 0.460. The molecule has 3 N–H and O–H groups in total. The number of nitrogens with zero attached hydrogens (tertiary/aromatic N) is 1. The van der Waals surface area contributed by atoms with Gasteiger partial charge in [0.2, 0.25) is 11.8 Å². The van der Waals surface area contributed by atoms with Crippen molar-refractivity contribution in [3.8, 4) is 0 Å². The van der Waals surface area contributed by atoms with Crippen molar-refractivity contribution in [3.05, 3.63) is 24.3 Å². The molecular weight excluding hydrogens is 376 g/mol. The van der Waals surface area contributed by atoms with E-state index in [1.54, 1.807) is 45.0 Å². The van der Waals surface area contributed by atoms with E-state index < -0.39 is 30.0 Å². The van der Waals surface area contributed by atoms with Gasteiger partial charge in [0.1, 0.15) is 12.6 Å². The minimum absolute atomic E-state index is 0.191. The molecule has 1 aromatic carbocycles. The molecule has 0 aromatic heterocycles. The Morgan fingerprint density at radius 3 is 2.38 bits per heavy atom. The van der Waals surface area contributed by atoms with Crippen molar-refractivity contribution < 1.29 is 24.3 Å². The van der Waals surface area contributed by atoms with Gasteiger partial charge in [-0.3, -0.25) is 14.5 Å². The van der Waals surface area contributed by atoms with Crippen LogP contribution in [0.15, 0.2) is 24.3 Å². The number of anilines is 2. The standard InChI is InChI=1S/C20H28N4O5/c1-5-12(4)17(19(27)28)22-18(26)16(11(2)3)23-20(29)24-10-15(25)21-13-8-6-7-9-14(13)24/h6-9,11-12,16-17H,5,10H2,1-4H3,(H,21,25)(H,22,26)(H,23,29)(H,27,28)/p-1/t12-,16+,17+/m1/s1. The van der Waals surface area contributed by atoms with E-state index in [0.717, 1.165) is 0 Å². The molecule has 9 nitrogen and oxygen atoms in total. The normalized spacial score (nSPS) is 16.3. The highest BCUT2D eigenvalue weighted by Gasteiger charge is 2.32. The average Bonchev–Trinajstić information content (AvgIpc) is 2.67. The first-order valence-electron chi connectivity index (χ1n) is 9.63. The lowest BCUT2D eigenvalue weighted by molar-refractivity contribution is -0.309. The summed E-state index contributed by atoms with van der Waals surface area (Å²) in [6.07, 6.45) is 0.539. The van der Waals surface area contributed by atoms with E-state index in [1.807, 2.05) is 6.92 Å². The number of urea groups is 1. The molecule has 2 rings (SSSR count). The number of carboxylic acids is 1. The van der Waals surface area contributed by atoms with Crippen LogP contribution in [0.2, 0.25) is 0 Å². The fraction of sp³-hybridized carbons (Fsp3) is 0.500. The number of fused-ring (bicyclic) bond motifs is 1. The second-order valence-corrected chi connectivity index (χ2v) is 7.51. The van der Waals surface area contributed by atoms with E-state index in [2.05, 4.69) is 16.0 Å². The predicted molar refractivity (Wildman–Crippen MR) is 106 cm³/mol. The average molecular weight is 403 g/mol. The molecule has 4 amide bonds. The SMILES string of the molecule is CC[C@@H](C)[C@H](NC(=O)[C@@H](NC(=O)N1CC(=O)Nc2ccccc21)C(C)C)C(=O)[O-]. The minimum atomic E-state index is -1.37. The summed E-state index contributed by atoms with van der Waals surface area (Å²) in [4.78, 5) is 50.2. The van der Waals surface area contributed by atoms with Gasteiger partial charge in [0.05, 0.1) is 23.4 Å². The first-order chi connectivity index (χ1) is 13.6. The molecular formula is C20H27N4O5-. The molecule has 1 aromatic rings. The second kappa shape index (κ2) is 9.40. The Hall–Kier alpha value is -3.10. The summed E-state index contributed by atoms with van der Waals surface area (Å²) in [5.41, 5.74) is 1.01. The Morgan fingerprint density at radius 2 is 1.79 bits per heavy atom. The molecule has 0 aliphatic carbocycles. The number of hydrogen-bond acceptors (Lipinski definition) is 5. The number of carboxylic acid groups (broad SMARTS) is 1. The molecule has 0 unspecified atom stereocenters. The third-order valence-corrected chi connectivity index (χ3v) is 5.01. The number of aliphatic carboxylic acids is 1. The van der Waals surface area contributed by atoms with Crippen LogP contribution in [0.3, 0.4) is 0 Å². The molecule has 1 aliphatic rings. The van der Waals surface area contributed by atoms with Gasteiger partial charge in [-0.2, -0.15) is 0 Å². The number of hydrogen-bond donors (Lipinski definition) is 3. The Labute approximate surface area is 169 Å².